The number of carboxylic acid groups (broad SMARTS) is 1. The van der Waals surface area contributed by atoms with Crippen molar-refractivity contribution in [3.05, 3.63) is 57.7 Å². The van der Waals surface area contributed by atoms with E-state index in [0.717, 1.165) is 22.0 Å². The van der Waals surface area contributed by atoms with Crippen LogP contribution in [-0.2, 0) is 12.8 Å². The lowest BCUT2D eigenvalue weighted by Gasteiger charge is -2.08. The molecule has 1 aromatic heterocycles. The molecular formula is C15H14BrNO3. The third-order valence-corrected chi connectivity index (χ3v) is 3.53. The largest absolute Gasteiger partial charge is 0.481 e. The molecule has 4 nitrogen and oxygen atoms in total. The first-order valence-corrected chi connectivity index (χ1v) is 6.90. The SMILES string of the molecule is COc1cc(CCc2ccc(Br)cc2)c(C(=O)O)cn1. The van der Waals surface area contributed by atoms with Gasteiger partial charge < -0.3 is 9.84 Å². The molecule has 2 aromatic rings. The van der Waals surface area contributed by atoms with Crippen LogP contribution in [0, 0.1) is 0 Å². The maximum Gasteiger partial charge on any atom is 0.337 e. The summed E-state index contributed by atoms with van der Waals surface area (Å²) in [5.41, 5.74) is 2.11. The van der Waals surface area contributed by atoms with Crippen LogP contribution in [-0.4, -0.2) is 23.2 Å². The molecule has 0 saturated carbocycles. The minimum Gasteiger partial charge on any atom is -0.481 e. The van der Waals surface area contributed by atoms with Gasteiger partial charge in [0.05, 0.1) is 12.7 Å². The number of pyridine rings is 1. The molecule has 0 aliphatic heterocycles. The molecule has 0 bridgehead atoms. The number of aromatic nitrogens is 1. The molecule has 0 saturated heterocycles. The Morgan fingerprint density at radius 2 is 2.00 bits per heavy atom. The average molecular weight is 336 g/mol. The van der Waals surface area contributed by atoms with Crippen LogP contribution < -0.4 is 4.74 Å². The quantitative estimate of drug-likeness (QED) is 0.910. The summed E-state index contributed by atoms with van der Waals surface area (Å²) in [5, 5.41) is 9.18. The van der Waals surface area contributed by atoms with E-state index in [2.05, 4.69) is 20.9 Å². The molecule has 0 radical (unpaired) electrons. The van der Waals surface area contributed by atoms with Crippen molar-refractivity contribution in [2.45, 2.75) is 12.8 Å². The highest BCUT2D eigenvalue weighted by Gasteiger charge is 2.12. The maximum atomic E-state index is 11.2. The van der Waals surface area contributed by atoms with Gasteiger partial charge in [0.25, 0.3) is 0 Å². The predicted octanol–water partition coefficient (Wildman–Crippen LogP) is 3.34. The van der Waals surface area contributed by atoms with Gasteiger partial charge in [0.1, 0.15) is 0 Å². The van der Waals surface area contributed by atoms with Gasteiger partial charge in [-0.3, -0.25) is 0 Å². The van der Waals surface area contributed by atoms with Crippen LogP contribution in [0.15, 0.2) is 41.0 Å². The fourth-order valence-electron chi connectivity index (χ4n) is 1.92. The van der Waals surface area contributed by atoms with Crippen LogP contribution in [0.4, 0.5) is 0 Å². The summed E-state index contributed by atoms with van der Waals surface area (Å²) in [5.74, 6) is -0.535. The van der Waals surface area contributed by atoms with Crippen molar-refractivity contribution in [1.29, 1.82) is 0 Å². The Hall–Kier alpha value is -1.88. The zero-order valence-corrected chi connectivity index (χ0v) is 12.6. The van der Waals surface area contributed by atoms with E-state index in [1.165, 1.54) is 13.3 Å². The minimum absolute atomic E-state index is 0.225. The molecule has 5 heteroatoms. The second-order valence-electron chi connectivity index (χ2n) is 4.32. The van der Waals surface area contributed by atoms with Crippen molar-refractivity contribution in [2.75, 3.05) is 7.11 Å². The number of halogens is 1. The Labute approximate surface area is 125 Å². The van der Waals surface area contributed by atoms with Crippen LogP contribution >= 0.6 is 15.9 Å². The Morgan fingerprint density at radius 3 is 2.60 bits per heavy atom. The summed E-state index contributed by atoms with van der Waals surface area (Å²) in [6.07, 6.45) is 2.74. The van der Waals surface area contributed by atoms with E-state index in [4.69, 9.17) is 4.74 Å². The number of rotatable bonds is 5. The van der Waals surface area contributed by atoms with Crippen LogP contribution in [0.25, 0.3) is 0 Å². The highest BCUT2D eigenvalue weighted by atomic mass is 79.9. The van der Waals surface area contributed by atoms with Gasteiger partial charge in [-0.25, -0.2) is 9.78 Å². The smallest absolute Gasteiger partial charge is 0.337 e. The second-order valence-corrected chi connectivity index (χ2v) is 5.23. The maximum absolute atomic E-state index is 11.2. The number of carboxylic acids is 1. The molecule has 1 aromatic carbocycles. The van der Waals surface area contributed by atoms with Crippen molar-refractivity contribution in [3.8, 4) is 5.88 Å². The Kier molecular flexibility index (Phi) is 4.74. The zero-order chi connectivity index (χ0) is 14.5. The Bertz CT molecular complexity index is 611. The van der Waals surface area contributed by atoms with Crippen molar-refractivity contribution in [3.63, 3.8) is 0 Å². The van der Waals surface area contributed by atoms with Gasteiger partial charge in [0.15, 0.2) is 0 Å². The molecule has 2 rings (SSSR count). The topological polar surface area (TPSA) is 59.4 Å². The van der Waals surface area contributed by atoms with Gasteiger partial charge >= 0.3 is 5.97 Å². The van der Waals surface area contributed by atoms with Crippen molar-refractivity contribution >= 4 is 21.9 Å². The summed E-state index contributed by atoms with van der Waals surface area (Å²) in [4.78, 5) is 15.1. The fraction of sp³-hybridized carbons (Fsp3) is 0.200. The summed E-state index contributed by atoms with van der Waals surface area (Å²) < 4.78 is 6.07. The van der Waals surface area contributed by atoms with Gasteiger partial charge in [-0.15, -0.1) is 0 Å². The molecule has 104 valence electrons. The van der Waals surface area contributed by atoms with Gasteiger partial charge in [-0.2, -0.15) is 0 Å². The van der Waals surface area contributed by atoms with Crippen molar-refractivity contribution < 1.29 is 14.6 Å². The number of aryl methyl sites for hydroxylation is 2. The first kappa shape index (κ1) is 14.5. The molecule has 0 aliphatic carbocycles. The molecular weight excluding hydrogens is 322 g/mol. The van der Waals surface area contributed by atoms with E-state index in [9.17, 15) is 9.90 Å². The molecule has 0 aliphatic rings. The van der Waals surface area contributed by atoms with E-state index < -0.39 is 5.97 Å². The molecule has 1 N–H and O–H groups in total. The first-order chi connectivity index (χ1) is 9.60. The van der Waals surface area contributed by atoms with Crippen LogP contribution in [0.1, 0.15) is 21.5 Å². The van der Waals surface area contributed by atoms with Gasteiger partial charge in [-0.05, 0) is 36.1 Å². The van der Waals surface area contributed by atoms with E-state index in [-0.39, 0.29) is 5.56 Å². The third kappa shape index (κ3) is 3.57. The van der Waals surface area contributed by atoms with Gasteiger partial charge in [0, 0.05) is 16.7 Å². The Morgan fingerprint density at radius 1 is 1.30 bits per heavy atom. The number of aromatic carboxylic acids is 1. The summed E-state index contributed by atoms with van der Waals surface area (Å²) >= 11 is 3.39. The van der Waals surface area contributed by atoms with Gasteiger partial charge in [-0.1, -0.05) is 28.1 Å². The highest BCUT2D eigenvalue weighted by molar-refractivity contribution is 9.10. The van der Waals surface area contributed by atoms with E-state index in [1.807, 2.05) is 24.3 Å². The Balaban J connectivity index is 2.18. The normalized spacial score (nSPS) is 10.3. The number of hydrogen-bond donors (Lipinski definition) is 1. The van der Waals surface area contributed by atoms with E-state index >= 15 is 0 Å². The summed E-state index contributed by atoms with van der Waals surface area (Å²) in [6.45, 7) is 0. The zero-order valence-electron chi connectivity index (χ0n) is 11.0. The number of nitrogens with zero attached hydrogens (tertiary/aromatic N) is 1. The van der Waals surface area contributed by atoms with Crippen molar-refractivity contribution in [2.24, 2.45) is 0 Å². The third-order valence-electron chi connectivity index (χ3n) is 3.00. The lowest BCUT2D eigenvalue weighted by Crippen LogP contribution is -2.05. The molecule has 0 unspecified atom stereocenters. The highest BCUT2D eigenvalue weighted by Crippen LogP contribution is 2.18. The van der Waals surface area contributed by atoms with Crippen molar-refractivity contribution in [1.82, 2.24) is 4.98 Å². The van der Waals surface area contributed by atoms with Crippen LogP contribution in [0.3, 0.4) is 0 Å². The van der Waals surface area contributed by atoms with Crippen LogP contribution in [0.2, 0.25) is 0 Å². The number of carbonyl (C=O) groups is 1. The monoisotopic (exact) mass is 335 g/mol. The number of benzene rings is 1. The molecule has 20 heavy (non-hydrogen) atoms. The fourth-order valence-corrected chi connectivity index (χ4v) is 2.18. The standard InChI is InChI=1S/C15H14BrNO3/c1-20-14-8-11(13(9-17-14)15(18)19)5-2-10-3-6-12(16)7-4-10/h3-4,6-9H,2,5H2,1H3,(H,18,19). The lowest BCUT2D eigenvalue weighted by atomic mass is 10.0. The average Bonchev–Trinajstić information content (AvgIpc) is 2.46. The molecule has 0 fully saturated rings. The van der Waals surface area contributed by atoms with E-state index in [0.29, 0.717) is 12.3 Å². The molecule has 1 heterocycles. The second kappa shape index (κ2) is 6.52. The lowest BCUT2D eigenvalue weighted by molar-refractivity contribution is 0.0695. The number of hydrogen-bond acceptors (Lipinski definition) is 3. The number of methoxy groups -OCH3 is 1. The predicted molar refractivity (Wildman–Crippen MR) is 79.3 cm³/mol. The summed E-state index contributed by atoms with van der Waals surface area (Å²) in [7, 11) is 1.52. The van der Waals surface area contributed by atoms with E-state index in [1.54, 1.807) is 6.07 Å². The first-order valence-electron chi connectivity index (χ1n) is 6.11. The number of ether oxygens (including phenoxy) is 1. The molecule has 0 spiro atoms. The summed E-state index contributed by atoms with van der Waals surface area (Å²) in [6, 6.07) is 9.66. The molecule has 0 atom stereocenters. The van der Waals surface area contributed by atoms with Gasteiger partial charge in [0.2, 0.25) is 5.88 Å². The molecule has 0 amide bonds. The minimum atomic E-state index is -0.967. The van der Waals surface area contributed by atoms with Crippen LogP contribution in [0.5, 0.6) is 5.88 Å².